The average molecular weight is 414 g/mol. The molecule has 3 rings (SSSR count). The van der Waals surface area contributed by atoms with Gasteiger partial charge in [-0.25, -0.2) is 13.1 Å². The number of nitrogens with zero attached hydrogens (tertiary/aromatic N) is 1. The van der Waals surface area contributed by atoms with Crippen LogP contribution in [0.4, 0.5) is 0 Å². The van der Waals surface area contributed by atoms with E-state index >= 15 is 0 Å². The molecule has 0 amide bonds. The van der Waals surface area contributed by atoms with E-state index in [-0.39, 0.29) is 21.0 Å². The van der Waals surface area contributed by atoms with Gasteiger partial charge in [0.2, 0.25) is 10.0 Å². The van der Waals surface area contributed by atoms with E-state index in [4.69, 9.17) is 23.2 Å². The summed E-state index contributed by atoms with van der Waals surface area (Å²) in [5.41, 5.74) is 0. The minimum absolute atomic E-state index is 0.0427. The SMILES string of the molecule is O=S(=O)(NC1CCN(C2CC2)C1)c1c(Cl)cc(Br)cc1Cl. The summed E-state index contributed by atoms with van der Waals surface area (Å²) in [6.07, 6.45) is 3.27. The molecule has 0 radical (unpaired) electrons. The van der Waals surface area contributed by atoms with E-state index in [2.05, 4.69) is 25.6 Å². The predicted molar refractivity (Wildman–Crippen MR) is 87.5 cm³/mol. The molecule has 1 heterocycles. The quantitative estimate of drug-likeness (QED) is 0.823. The van der Waals surface area contributed by atoms with Crippen molar-refractivity contribution in [2.24, 2.45) is 0 Å². The molecular formula is C13H15BrCl2N2O2S. The third kappa shape index (κ3) is 3.57. The molecule has 1 aromatic rings. The van der Waals surface area contributed by atoms with Gasteiger partial charge in [-0.1, -0.05) is 39.1 Å². The van der Waals surface area contributed by atoms with Crippen LogP contribution in [0, 0.1) is 0 Å². The maximum Gasteiger partial charge on any atom is 0.243 e. The molecule has 21 heavy (non-hydrogen) atoms. The van der Waals surface area contributed by atoms with Gasteiger partial charge >= 0.3 is 0 Å². The van der Waals surface area contributed by atoms with E-state index in [0.717, 1.165) is 19.5 Å². The van der Waals surface area contributed by atoms with Crippen molar-refractivity contribution < 1.29 is 8.42 Å². The van der Waals surface area contributed by atoms with E-state index in [1.807, 2.05) is 0 Å². The van der Waals surface area contributed by atoms with E-state index < -0.39 is 10.0 Å². The van der Waals surface area contributed by atoms with Crippen molar-refractivity contribution in [1.82, 2.24) is 9.62 Å². The van der Waals surface area contributed by atoms with E-state index in [9.17, 15) is 8.42 Å². The monoisotopic (exact) mass is 412 g/mol. The maximum absolute atomic E-state index is 12.5. The fourth-order valence-corrected chi connectivity index (χ4v) is 5.92. The molecule has 0 spiro atoms. The second kappa shape index (κ2) is 5.98. The van der Waals surface area contributed by atoms with Crippen molar-refractivity contribution in [2.45, 2.75) is 36.2 Å². The number of benzene rings is 1. The lowest BCUT2D eigenvalue weighted by Crippen LogP contribution is -2.37. The van der Waals surface area contributed by atoms with Crippen LogP contribution in [0.15, 0.2) is 21.5 Å². The summed E-state index contributed by atoms with van der Waals surface area (Å²) < 4.78 is 28.4. The van der Waals surface area contributed by atoms with Crippen molar-refractivity contribution in [3.8, 4) is 0 Å². The van der Waals surface area contributed by atoms with E-state index in [0.29, 0.717) is 10.5 Å². The second-order valence-electron chi connectivity index (χ2n) is 5.53. The van der Waals surface area contributed by atoms with Crippen molar-refractivity contribution in [3.63, 3.8) is 0 Å². The molecule has 2 fully saturated rings. The summed E-state index contributed by atoms with van der Waals surface area (Å²) in [7, 11) is -3.71. The Morgan fingerprint density at radius 2 is 1.81 bits per heavy atom. The first kappa shape index (κ1) is 16.0. The summed E-state index contributed by atoms with van der Waals surface area (Å²) in [5, 5.41) is 0.248. The van der Waals surface area contributed by atoms with Crippen LogP contribution >= 0.6 is 39.1 Å². The van der Waals surface area contributed by atoms with Crippen LogP contribution in [-0.4, -0.2) is 38.5 Å². The van der Waals surface area contributed by atoms with Crippen molar-refractivity contribution in [2.75, 3.05) is 13.1 Å². The predicted octanol–water partition coefficient (Wildman–Crippen LogP) is 3.27. The molecule has 1 unspecified atom stereocenters. The molecule has 2 aliphatic rings. The third-order valence-corrected chi connectivity index (χ3v) is 6.74. The van der Waals surface area contributed by atoms with Crippen LogP contribution in [0.1, 0.15) is 19.3 Å². The average Bonchev–Trinajstić information content (AvgIpc) is 3.09. The molecule has 8 heteroatoms. The van der Waals surface area contributed by atoms with Gasteiger partial charge in [0, 0.05) is 29.6 Å². The van der Waals surface area contributed by atoms with E-state index in [1.54, 1.807) is 0 Å². The summed E-state index contributed by atoms with van der Waals surface area (Å²) in [6, 6.07) is 3.64. The molecule has 1 N–H and O–H groups in total. The van der Waals surface area contributed by atoms with Crippen molar-refractivity contribution in [1.29, 1.82) is 0 Å². The smallest absolute Gasteiger partial charge is 0.243 e. The highest BCUT2D eigenvalue weighted by Crippen LogP contribution is 2.34. The number of hydrogen-bond acceptors (Lipinski definition) is 3. The summed E-state index contributed by atoms with van der Waals surface area (Å²) in [4.78, 5) is 2.30. The van der Waals surface area contributed by atoms with Crippen LogP contribution in [-0.2, 0) is 10.0 Å². The van der Waals surface area contributed by atoms with Crippen LogP contribution in [0.3, 0.4) is 0 Å². The molecule has 1 atom stereocenters. The molecule has 1 saturated carbocycles. The lowest BCUT2D eigenvalue weighted by atomic mass is 10.3. The highest BCUT2D eigenvalue weighted by Gasteiger charge is 2.36. The Bertz CT molecular complexity index is 641. The molecule has 1 saturated heterocycles. The van der Waals surface area contributed by atoms with Crippen LogP contribution < -0.4 is 4.72 Å². The number of halogens is 3. The second-order valence-corrected chi connectivity index (χ2v) is 8.91. The lowest BCUT2D eigenvalue weighted by molar-refractivity contribution is 0.322. The topological polar surface area (TPSA) is 49.4 Å². The minimum Gasteiger partial charge on any atom is -0.299 e. The normalized spacial score (nSPS) is 23.7. The minimum atomic E-state index is -3.71. The van der Waals surface area contributed by atoms with Crippen molar-refractivity contribution >= 4 is 49.2 Å². The van der Waals surface area contributed by atoms with Gasteiger partial charge in [0.05, 0.1) is 10.0 Å². The third-order valence-electron chi connectivity index (χ3n) is 3.84. The molecule has 0 bridgehead atoms. The fourth-order valence-electron chi connectivity index (χ4n) is 2.72. The van der Waals surface area contributed by atoms with Crippen LogP contribution in [0.2, 0.25) is 10.0 Å². The Hall–Kier alpha value is 0.150. The Morgan fingerprint density at radius 1 is 1.19 bits per heavy atom. The zero-order valence-corrected chi connectivity index (χ0v) is 15.1. The Balaban J connectivity index is 1.78. The van der Waals surface area contributed by atoms with Crippen LogP contribution in [0.25, 0.3) is 0 Å². The van der Waals surface area contributed by atoms with Crippen LogP contribution in [0.5, 0.6) is 0 Å². The van der Waals surface area contributed by atoms with Crippen molar-refractivity contribution in [3.05, 3.63) is 26.7 Å². The number of rotatable bonds is 4. The number of hydrogen-bond donors (Lipinski definition) is 1. The molecule has 116 valence electrons. The number of nitrogens with one attached hydrogen (secondary N) is 1. The fraction of sp³-hybridized carbons (Fsp3) is 0.538. The first-order valence-electron chi connectivity index (χ1n) is 6.78. The molecule has 1 aliphatic carbocycles. The molecule has 4 nitrogen and oxygen atoms in total. The van der Waals surface area contributed by atoms with Gasteiger partial charge in [-0.05, 0) is 31.4 Å². The number of sulfonamides is 1. The lowest BCUT2D eigenvalue weighted by Gasteiger charge is -2.17. The first-order chi connectivity index (χ1) is 9.87. The Kier molecular flexibility index (Phi) is 4.56. The summed E-state index contributed by atoms with van der Waals surface area (Å²) in [5.74, 6) is 0. The number of likely N-dealkylation sites (tertiary alicyclic amines) is 1. The zero-order chi connectivity index (χ0) is 15.2. The van der Waals surface area contributed by atoms with Gasteiger partial charge in [-0.2, -0.15) is 0 Å². The molecule has 1 aromatic carbocycles. The summed E-state index contributed by atoms with van der Waals surface area (Å²) >= 11 is 15.3. The summed E-state index contributed by atoms with van der Waals surface area (Å²) in [6.45, 7) is 1.70. The van der Waals surface area contributed by atoms with Gasteiger partial charge in [0.25, 0.3) is 0 Å². The van der Waals surface area contributed by atoms with E-state index in [1.165, 1.54) is 25.0 Å². The molecule has 0 aromatic heterocycles. The maximum atomic E-state index is 12.5. The highest BCUT2D eigenvalue weighted by molar-refractivity contribution is 9.10. The standard InChI is InChI=1S/C13H15BrCl2N2O2S/c14-8-5-11(15)13(12(16)6-8)21(19,20)17-9-3-4-18(7-9)10-1-2-10/h5-6,9-10,17H,1-4,7H2. The highest BCUT2D eigenvalue weighted by atomic mass is 79.9. The van der Waals surface area contributed by atoms with Gasteiger partial charge in [0.1, 0.15) is 4.90 Å². The Labute approximate surface area is 143 Å². The van der Waals surface area contributed by atoms with Gasteiger partial charge in [0.15, 0.2) is 0 Å². The molecular weight excluding hydrogens is 399 g/mol. The first-order valence-corrected chi connectivity index (χ1v) is 9.81. The Morgan fingerprint density at radius 3 is 2.38 bits per heavy atom. The zero-order valence-electron chi connectivity index (χ0n) is 11.2. The van der Waals surface area contributed by atoms with Gasteiger partial charge < -0.3 is 0 Å². The van der Waals surface area contributed by atoms with Gasteiger partial charge in [-0.3, -0.25) is 4.90 Å². The van der Waals surface area contributed by atoms with Gasteiger partial charge in [-0.15, -0.1) is 0 Å². The molecule has 1 aliphatic heterocycles. The largest absolute Gasteiger partial charge is 0.299 e.